The van der Waals surface area contributed by atoms with Crippen LogP contribution in [0.2, 0.25) is 0 Å². The van der Waals surface area contributed by atoms with E-state index in [1.54, 1.807) is 13.8 Å². The summed E-state index contributed by atoms with van der Waals surface area (Å²) in [5.74, 6) is -2.07. The van der Waals surface area contributed by atoms with Crippen molar-refractivity contribution in [3.05, 3.63) is 70.0 Å². The fourth-order valence-corrected chi connectivity index (χ4v) is 5.03. The number of benzene rings is 2. The van der Waals surface area contributed by atoms with E-state index in [2.05, 4.69) is 5.32 Å². The highest BCUT2D eigenvalue weighted by Crippen LogP contribution is 2.21. The zero-order valence-corrected chi connectivity index (χ0v) is 19.5. The molecule has 1 saturated heterocycles. The first-order chi connectivity index (χ1) is 16.0. The maximum atomic E-state index is 14.0. The van der Waals surface area contributed by atoms with Gasteiger partial charge < -0.3 is 10.2 Å². The Kier molecular flexibility index (Phi) is 7.62. The van der Waals surface area contributed by atoms with Crippen molar-refractivity contribution in [1.82, 2.24) is 14.5 Å². The largest absolute Gasteiger partial charge is 0.340 e. The summed E-state index contributed by atoms with van der Waals surface area (Å²) in [6.07, 6.45) is 0. The number of hydrogen-bond donors (Lipinski definition) is 1. The van der Waals surface area contributed by atoms with Gasteiger partial charge in [-0.3, -0.25) is 19.7 Å². The van der Waals surface area contributed by atoms with Crippen molar-refractivity contribution in [3.8, 4) is 0 Å². The monoisotopic (exact) mass is 492 g/mol. The molecule has 0 bridgehead atoms. The average Bonchev–Trinajstić information content (AvgIpc) is 2.82. The molecule has 1 aliphatic rings. The Morgan fingerprint density at radius 1 is 1.03 bits per heavy atom. The normalized spacial score (nSPS) is 15.7. The van der Waals surface area contributed by atoms with Crippen molar-refractivity contribution < 1.29 is 27.3 Å². The molecule has 2 amide bonds. The van der Waals surface area contributed by atoms with Gasteiger partial charge in [0.1, 0.15) is 11.9 Å². The lowest BCUT2D eigenvalue weighted by molar-refractivity contribution is -0.384. The van der Waals surface area contributed by atoms with Crippen LogP contribution in [0, 0.1) is 21.8 Å². The first kappa shape index (κ1) is 25.2. The van der Waals surface area contributed by atoms with Crippen LogP contribution in [-0.4, -0.2) is 66.6 Å². The van der Waals surface area contributed by atoms with Crippen molar-refractivity contribution in [2.24, 2.45) is 5.92 Å². The van der Waals surface area contributed by atoms with Crippen LogP contribution in [0.1, 0.15) is 24.2 Å². The van der Waals surface area contributed by atoms with Gasteiger partial charge in [0.2, 0.25) is 15.9 Å². The maximum Gasteiger partial charge on any atom is 0.269 e. The van der Waals surface area contributed by atoms with E-state index >= 15 is 0 Å². The molecule has 1 N–H and O–H groups in total. The van der Waals surface area contributed by atoms with Crippen LogP contribution in [0.5, 0.6) is 0 Å². The smallest absolute Gasteiger partial charge is 0.269 e. The highest BCUT2D eigenvalue weighted by molar-refractivity contribution is 7.89. The molecule has 0 spiro atoms. The SMILES string of the molecule is CC(C)[C@@H](NC(=O)c1ccccc1F)C(=O)N1CCN(S(=O)(=O)c2ccc([N+](=O)[O-])cc2)CC1. The lowest BCUT2D eigenvalue weighted by Crippen LogP contribution is -2.57. The molecular formula is C22H25FN4O6S. The molecule has 0 saturated carbocycles. The first-order valence-electron chi connectivity index (χ1n) is 10.6. The fraction of sp³-hybridized carbons (Fsp3) is 0.364. The Morgan fingerprint density at radius 3 is 2.15 bits per heavy atom. The summed E-state index contributed by atoms with van der Waals surface area (Å²) >= 11 is 0. The minimum Gasteiger partial charge on any atom is -0.340 e. The number of nitro groups is 1. The van der Waals surface area contributed by atoms with E-state index in [4.69, 9.17) is 0 Å². The van der Waals surface area contributed by atoms with Gasteiger partial charge in [-0.25, -0.2) is 12.8 Å². The molecule has 0 aromatic heterocycles. The molecule has 1 fully saturated rings. The Morgan fingerprint density at radius 2 is 1.62 bits per heavy atom. The lowest BCUT2D eigenvalue weighted by atomic mass is 10.0. The number of amides is 2. The van der Waals surface area contributed by atoms with Crippen LogP contribution in [0.25, 0.3) is 0 Å². The van der Waals surface area contributed by atoms with Crippen LogP contribution >= 0.6 is 0 Å². The lowest BCUT2D eigenvalue weighted by Gasteiger charge is -2.36. The summed E-state index contributed by atoms with van der Waals surface area (Å²) < 4.78 is 40.9. The molecule has 1 atom stereocenters. The summed E-state index contributed by atoms with van der Waals surface area (Å²) in [5, 5.41) is 13.4. The molecule has 0 unspecified atom stereocenters. The third kappa shape index (κ3) is 5.39. The highest BCUT2D eigenvalue weighted by atomic mass is 32.2. The topological polar surface area (TPSA) is 130 Å². The van der Waals surface area contributed by atoms with E-state index in [1.165, 1.54) is 39.5 Å². The highest BCUT2D eigenvalue weighted by Gasteiger charge is 2.34. The number of nitrogens with one attached hydrogen (secondary N) is 1. The van der Waals surface area contributed by atoms with Crippen LogP contribution < -0.4 is 5.32 Å². The van der Waals surface area contributed by atoms with Crippen molar-refractivity contribution in [3.63, 3.8) is 0 Å². The van der Waals surface area contributed by atoms with Gasteiger partial charge in [0.25, 0.3) is 11.6 Å². The molecule has 1 aliphatic heterocycles. The van der Waals surface area contributed by atoms with E-state index in [9.17, 15) is 32.5 Å². The summed E-state index contributed by atoms with van der Waals surface area (Å²) in [6.45, 7) is 3.75. The molecule has 34 heavy (non-hydrogen) atoms. The minimum atomic E-state index is -3.89. The zero-order chi connectivity index (χ0) is 25.0. The molecule has 2 aromatic rings. The maximum absolute atomic E-state index is 14.0. The third-order valence-corrected chi connectivity index (χ3v) is 7.49. The Labute approximate surface area is 196 Å². The fourth-order valence-electron chi connectivity index (χ4n) is 3.61. The van der Waals surface area contributed by atoms with Crippen LogP contribution in [0.15, 0.2) is 53.4 Å². The number of rotatable bonds is 7. The molecule has 2 aromatic carbocycles. The standard InChI is InChI=1S/C22H25FN4O6S/c1-15(2)20(24-21(28)18-5-3-4-6-19(18)23)22(29)25-11-13-26(14-12-25)34(32,33)17-9-7-16(8-10-17)27(30)31/h3-10,15,20H,11-14H2,1-2H3,(H,24,28)/t20-/m1/s1. The van der Waals surface area contributed by atoms with Gasteiger partial charge in [-0.1, -0.05) is 26.0 Å². The molecule has 182 valence electrons. The predicted octanol–water partition coefficient (Wildman–Crippen LogP) is 2.02. The van der Waals surface area contributed by atoms with Crippen molar-refractivity contribution in [1.29, 1.82) is 0 Å². The Hall–Kier alpha value is -3.38. The van der Waals surface area contributed by atoms with E-state index in [0.29, 0.717) is 0 Å². The number of carbonyl (C=O) groups excluding carboxylic acids is 2. The van der Waals surface area contributed by atoms with E-state index < -0.39 is 32.7 Å². The Balaban J connectivity index is 1.66. The number of carbonyl (C=O) groups is 2. The van der Waals surface area contributed by atoms with Gasteiger partial charge in [-0.2, -0.15) is 4.31 Å². The van der Waals surface area contributed by atoms with Crippen molar-refractivity contribution in [2.45, 2.75) is 24.8 Å². The van der Waals surface area contributed by atoms with Gasteiger partial charge in [0.15, 0.2) is 0 Å². The van der Waals surface area contributed by atoms with Gasteiger partial charge in [0.05, 0.1) is 15.4 Å². The van der Waals surface area contributed by atoms with Gasteiger partial charge in [-0.15, -0.1) is 0 Å². The molecule has 1 heterocycles. The molecule has 0 aliphatic carbocycles. The third-order valence-electron chi connectivity index (χ3n) is 5.57. The first-order valence-corrected chi connectivity index (χ1v) is 12.0. The molecule has 10 nitrogen and oxygen atoms in total. The van der Waals surface area contributed by atoms with Crippen molar-refractivity contribution in [2.75, 3.05) is 26.2 Å². The van der Waals surface area contributed by atoms with Crippen LogP contribution in [0.4, 0.5) is 10.1 Å². The summed E-state index contributed by atoms with van der Waals surface area (Å²) in [4.78, 5) is 37.2. The number of sulfonamides is 1. The number of nitro benzene ring substituents is 1. The van der Waals surface area contributed by atoms with E-state index in [0.717, 1.165) is 18.2 Å². The summed E-state index contributed by atoms with van der Waals surface area (Å²) in [7, 11) is -3.89. The van der Waals surface area contributed by atoms with E-state index in [1.807, 2.05) is 0 Å². The van der Waals surface area contributed by atoms with Crippen LogP contribution in [0.3, 0.4) is 0 Å². The number of piperazine rings is 1. The number of hydrogen-bond acceptors (Lipinski definition) is 6. The molecule has 3 rings (SSSR count). The number of non-ortho nitro benzene ring substituents is 1. The second-order valence-electron chi connectivity index (χ2n) is 8.16. The van der Waals surface area contributed by atoms with Crippen LogP contribution in [-0.2, 0) is 14.8 Å². The van der Waals surface area contributed by atoms with Gasteiger partial charge >= 0.3 is 0 Å². The van der Waals surface area contributed by atoms with Crippen molar-refractivity contribution >= 4 is 27.5 Å². The quantitative estimate of drug-likeness (QED) is 0.465. The van der Waals surface area contributed by atoms with Gasteiger partial charge in [-0.05, 0) is 30.2 Å². The Bertz CT molecular complexity index is 1180. The molecular weight excluding hydrogens is 467 g/mol. The molecule has 0 radical (unpaired) electrons. The predicted molar refractivity (Wildman–Crippen MR) is 121 cm³/mol. The minimum absolute atomic E-state index is 0.0249. The molecule has 12 heteroatoms. The number of halogens is 1. The average molecular weight is 493 g/mol. The second-order valence-corrected chi connectivity index (χ2v) is 10.1. The summed E-state index contributed by atoms with van der Waals surface area (Å²) in [5.41, 5.74) is -0.383. The second kappa shape index (κ2) is 10.3. The summed E-state index contributed by atoms with van der Waals surface area (Å²) in [6, 6.07) is 9.16. The van der Waals surface area contributed by atoms with E-state index in [-0.39, 0.29) is 54.2 Å². The number of nitrogens with zero attached hydrogens (tertiary/aromatic N) is 3. The van der Waals surface area contributed by atoms with Gasteiger partial charge in [0, 0.05) is 38.3 Å². The zero-order valence-electron chi connectivity index (χ0n) is 18.7.